The Bertz CT molecular complexity index is 597. The number of hydrogen-bond donors (Lipinski definition) is 0. The highest BCUT2D eigenvalue weighted by Gasteiger charge is 2.30. The van der Waals surface area contributed by atoms with Crippen LogP contribution in [0, 0.1) is 6.92 Å². The molecular weight excluding hydrogens is 257 g/mol. The summed E-state index contributed by atoms with van der Waals surface area (Å²) in [5.74, 6) is 0.488. The first-order valence-corrected chi connectivity index (χ1v) is 5.48. The Morgan fingerprint density at radius 2 is 1.84 bits per heavy atom. The smallest absolute Gasteiger partial charge is 0.416 e. The van der Waals surface area contributed by atoms with E-state index >= 15 is 0 Å². The Kier molecular flexibility index (Phi) is 3.42. The van der Waals surface area contributed by atoms with Crippen molar-refractivity contribution in [2.75, 3.05) is 7.11 Å². The van der Waals surface area contributed by atoms with E-state index in [9.17, 15) is 13.2 Å². The van der Waals surface area contributed by atoms with Gasteiger partial charge in [-0.3, -0.25) is 0 Å². The van der Waals surface area contributed by atoms with E-state index in [1.54, 1.807) is 19.1 Å². The molecule has 0 N–H and O–H groups in total. The first kappa shape index (κ1) is 13.3. The maximum Gasteiger partial charge on any atom is 0.416 e. The van der Waals surface area contributed by atoms with E-state index in [0.717, 1.165) is 12.1 Å². The van der Waals surface area contributed by atoms with Gasteiger partial charge in [0.15, 0.2) is 0 Å². The second kappa shape index (κ2) is 4.87. The van der Waals surface area contributed by atoms with Gasteiger partial charge in [-0.1, -0.05) is 12.1 Å². The predicted molar refractivity (Wildman–Crippen MR) is 63.8 cm³/mol. The predicted octanol–water partition coefficient (Wildman–Crippen LogP) is 3.48. The number of rotatable bonds is 2. The summed E-state index contributed by atoms with van der Waals surface area (Å²) in [4.78, 5) is 0. The second-order valence-corrected chi connectivity index (χ2v) is 3.96. The molecule has 1 heterocycles. The maximum atomic E-state index is 12.6. The molecule has 0 radical (unpaired) electrons. The lowest BCUT2D eigenvalue weighted by Crippen LogP contribution is -2.04. The zero-order valence-electron chi connectivity index (χ0n) is 10.3. The molecule has 0 aliphatic carbocycles. The minimum Gasteiger partial charge on any atom is -0.495 e. The molecule has 0 amide bonds. The highest BCUT2D eigenvalue weighted by molar-refractivity contribution is 5.61. The minimum absolute atomic E-state index is 0.341. The maximum absolute atomic E-state index is 12.6. The van der Waals surface area contributed by atoms with Crippen LogP contribution in [0.5, 0.6) is 5.75 Å². The van der Waals surface area contributed by atoms with Crippen LogP contribution in [0.4, 0.5) is 13.2 Å². The Balaban J connectivity index is 2.47. The topological polar surface area (TPSA) is 35.0 Å². The Morgan fingerprint density at radius 3 is 2.47 bits per heavy atom. The fourth-order valence-electron chi connectivity index (χ4n) is 1.64. The molecule has 0 spiro atoms. The quantitative estimate of drug-likeness (QED) is 0.836. The summed E-state index contributed by atoms with van der Waals surface area (Å²) in [7, 11) is 1.47. The molecule has 0 saturated heterocycles. The van der Waals surface area contributed by atoms with Crippen molar-refractivity contribution in [3.8, 4) is 17.0 Å². The molecule has 0 fully saturated rings. The summed E-state index contributed by atoms with van der Waals surface area (Å²) in [6.07, 6.45) is -4.38. The molecule has 0 unspecified atom stereocenters. The van der Waals surface area contributed by atoms with Crippen molar-refractivity contribution >= 4 is 0 Å². The third kappa shape index (κ3) is 2.83. The van der Waals surface area contributed by atoms with E-state index in [1.165, 1.54) is 13.2 Å². The van der Waals surface area contributed by atoms with Crippen molar-refractivity contribution in [1.82, 2.24) is 10.2 Å². The molecule has 1 aromatic heterocycles. The van der Waals surface area contributed by atoms with E-state index < -0.39 is 11.7 Å². The fourth-order valence-corrected chi connectivity index (χ4v) is 1.64. The highest BCUT2D eigenvalue weighted by Crippen LogP contribution is 2.32. The van der Waals surface area contributed by atoms with Gasteiger partial charge >= 0.3 is 6.18 Å². The van der Waals surface area contributed by atoms with Gasteiger partial charge in [0, 0.05) is 11.6 Å². The largest absolute Gasteiger partial charge is 0.495 e. The van der Waals surface area contributed by atoms with Crippen LogP contribution in [0.2, 0.25) is 0 Å². The second-order valence-electron chi connectivity index (χ2n) is 3.96. The molecule has 19 heavy (non-hydrogen) atoms. The summed E-state index contributed by atoms with van der Waals surface area (Å²) < 4.78 is 43.0. The van der Waals surface area contributed by atoms with Crippen molar-refractivity contribution in [2.45, 2.75) is 13.1 Å². The minimum atomic E-state index is -4.38. The molecule has 0 bridgehead atoms. The first-order chi connectivity index (χ1) is 8.91. The number of ether oxygens (including phenoxy) is 1. The summed E-state index contributed by atoms with van der Waals surface area (Å²) in [6, 6.07) is 6.51. The zero-order valence-corrected chi connectivity index (χ0v) is 10.3. The van der Waals surface area contributed by atoms with Crippen molar-refractivity contribution in [2.24, 2.45) is 0 Å². The Labute approximate surface area is 108 Å². The number of halogens is 3. The van der Waals surface area contributed by atoms with Gasteiger partial charge in [-0.15, -0.1) is 5.10 Å². The molecule has 2 aromatic rings. The van der Waals surface area contributed by atoms with E-state index in [2.05, 4.69) is 10.2 Å². The van der Waals surface area contributed by atoms with Gasteiger partial charge in [-0.2, -0.15) is 18.3 Å². The molecule has 6 heteroatoms. The number of aromatic nitrogens is 2. The standard InChI is InChI=1S/C13H11F3N2O/c1-8-12(19-2)7-11(18-17-8)9-4-3-5-10(6-9)13(14,15)16/h3-7H,1-2H3. The molecule has 100 valence electrons. The van der Waals surface area contributed by atoms with E-state index in [-0.39, 0.29) is 0 Å². The van der Waals surface area contributed by atoms with Crippen molar-refractivity contribution in [3.63, 3.8) is 0 Å². The average Bonchev–Trinajstić information content (AvgIpc) is 2.38. The molecule has 2 rings (SSSR count). The van der Waals surface area contributed by atoms with Crippen molar-refractivity contribution < 1.29 is 17.9 Å². The van der Waals surface area contributed by atoms with Gasteiger partial charge < -0.3 is 4.74 Å². The number of nitrogens with zero attached hydrogens (tertiary/aromatic N) is 2. The fraction of sp³-hybridized carbons (Fsp3) is 0.231. The van der Waals surface area contributed by atoms with Crippen molar-refractivity contribution in [1.29, 1.82) is 0 Å². The molecule has 1 aromatic carbocycles. The molecule has 0 atom stereocenters. The number of alkyl halides is 3. The Hall–Kier alpha value is -2.11. The van der Waals surface area contributed by atoms with Gasteiger partial charge in [0.25, 0.3) is 0 Å². The highest BCUT2D eigenvalue weighted by atomic mass is 19.4. The van der Waals surface area contributed by atoms with Crippen LogP contribution in [0.3, 0.4) is 0 Å². The summed E-state index contributed by atoms with van der Waals surface area (Å²) >= 11 is 0. The summed E-state index contributed by atoms with van der Waals surface area (Å²) in [6.45, 7) is 1.71. The van der Waals surface area contributed by atoms with Crippen molar-refractivity contribution in [3.05, 3.63) is 41.6 Å². The van der Waals surface area contributed by atoms with Crippen LogP contribution >= 0.6 is 0 Å². The van der Waals surface area contributed by atoms with E-state index in [1.807, 2.05) is 0 Å². The monoisotopic (exact) mass is 268 g/mol. The summed E-state index contributed by atoms with van der Waals surface area (Å²) in [5.41, 5.74) is 0.554. The normalized spacial score (nSPS) is 11.4. The van der Waals surface area contributed by atoms with Gasteiger partial charge in [0.2, 0.25) is 0 Å². The van der Waals surface area contributed by atoms with E-state index in [0.29, 0.717) is 22.7 Å². The Morgan fingerprint density at radius 1 is 1.11 bits per heavy atom. The van der Waals surface area contributed by atoms with Crippen LogP contribution in [0.25, 0.3) is 11.3 Å². The lowest BCUT2D eigenvalue weighted by atomic mass is 10.1. The van der Waals surface area contributed by atoms with Gasteiger partial charge in [0.1, 0.15) is 11.4 Å². The number of aryl methyl sites for hydroxylation is 1. The van der Waals surface area contributed by atoms with Crippen LogP contribution in [0.1, 0.15) is 11.3 Å². The number of benzene rings is 1. The third-order valence-electron chi connectivity index (χ3n) is 2.64. The zero-order chi connectivity index (χ0) is 14.0. The lowest BCUT2D eigenvalue weighted by molar-refractivity contribution is -0.137. The number of methoxy groups -OCH3 is 1. The molecule has 3 nitrogen and oxygen atoms in total. The van der Waals surface area contributed by atoms with Gasteiger partial charge in [0.05, 0.1) is 18.4 Å². The summed E-state index contributed by atoms with van der Waals surface area (Å²) in [5, 5.41) is 7.74. The van der Waals surface area contributed by atoms with E-state index in [4.69, 9.17) is 4.74 Å². The average molecular weight is 268 g/mol. The van der Waals surface area contributed by atoms with Crippen LogP contribution in [0.15, 0.2) is 30.3 Å². The number of hydrogen-bond acceptors (Lipinski definition) is 3. The molecule has 0 saturated carbocycles. The lowest BCUT2D eigenvalue weighted by Gasteiger charge is -2.09. The van der Waals surface area contributed by atoms with Gasteiger partial charge in [-0.25, -0.2) is 0 Å². The van der Waals surface area contributed by atoms with Gasteiger partial charge in [-0.05, 0) is 19.1 Å². The molecule has 0 aliphatic heterocycles. The molecular formula is C13H11F3N2O. The SMILES string of the molecule is COc1cc(-c2cccc(C(F)(F)F)c2)nnc1C. The first-order valence-electron chi connectivity index (χ1n) is 5.48. The van der Waals surface area contributed by atoms with Crippen LogP contribution in [-0.2, 0) is 6.18 Å². The third-order valence-corrected chi connectivity index (χ3v) is 2.64. The van der Waals surface area contributed by atoms with Crippen LogP contribution < -0.4 is 4.74 Å². The van der Waals surface area contributed by atoms with Crippen LogP contribution in [-0.4, -0.2) is 17.3 Å². The molecule has 0 aliphatic rings.